The van der Waals surface area contributed by atoms with Gasteiger partial charge in [0.25, 0.3) is 0 Å². The van der Waals surface area contributed by atoms with Gasteiger partial charge in [-0.05, 0) is 17.5 Å². The van der Waals surface area contributed by atoms with Crippen LogP contribution in [-0.2, 0) is 5.75 Å². The summed E-state index contributed by atoms with van der Waals surface area (Å²) >= 11 is 3.19. The van der Waals surface area contributed by atoms with Crippen LogP contribution in [0, 0.1) is 0 Å². The first-order valence-electron chi connectivity index (χ1n) is 8.79. The molecule has 0 radical (unpaired) electrons. The van der Waals surface area contributed by atoms with Gasteiger partial charge in [0.1, 0.15) is 5.82 Å². The van der Waals surface area contributed by atoms with Gasteiger partial charge in [-0.2, -0.15) is 4.98 Å². The fraction of sp³-hybridized carbons (Fsp3) is 0.250. The highest BCUT2D eigenvalue weighted by Gasteiger charge is 2.18. The molecule has 3 rings (SSSR count). The number of pyridine rings is 1. The Labute approximate surface area is 173 Å². The number of hydrogen-bond acceptors (Lipinski definition) is 8. The van der Waals surface area contributed by atoms with Gasteiger partial charge in [-0.15, -0.1) is 11.8 Å². The minimum atomic E-state index is 0.165. The smallest absolute Gasteiger partial charge is 0.227 e. The molecule has 0 unspecified atom stereocenters. The van der Waals surface area contributed by atoms with Crippen LogP contribution in [0.5, 0.6) is 5.88 Å². The molecule has 2 aromatic heterocycles. The zero-order chi connectivity index (χ0) is 20.1. The maximum absolute atomic E-state index is 6.02. The molecule has 0 atom stereocenters. The van der Waals surface area contributed by atoms with Crippen LogP contribution in [0.1, 0.15) is 31.0 Å². The minimum Gasteiger partial charge on any atom is -0.480 e. The van der Waals surface area contributed by atoms with Gasteiger partial charge in [-0.3, -0.25) is 0 Å². The zero-order valence-corrected chi connectivity index (χ0v) is 17.7. The van der Waals surface area contributed by atoms with E-state index in [9.17, 15) is 0 Å². The highest BCUT2D eigenvalue weighted by Crippen LogP contribution is 2.41. The highest BCUT2D eigenvalue weighted by molar-refractivity contribution is 8.00. The van der Waals surface area contributed by atoms with E-state index in [1.54, 1.807) is 25.1 Å². The minimum absolute atomic E-state index is 0.165. The van der Waals surface area contributed by atoms with Crippen LogP contribution in [0.4, 0.5) is 11.8 Å². The third-order valence-electron chi connectivity index (χ3n) is 3.95. The average molecular weight is 414 g/mol. The van der Waals surface area contributed by atoms with Crippen molar-refractivity contribution in [1.29, 1.82) is 0 Å². The van der Waals surface area contributed by atoms with Crippen LogP contribution in [0.3, 0.4) is 0 Å². The summed E-state index contributed by atoms with van der Waals surface area (Å²) in [5.74, 6) is 2.22. The maximum atomic E-state index is 6.02. The summed E-state index contributed by atoms with van der Waals surface area (Å²) < 4.78 is 5.56. The van der Waals surface area contributed by atoms with Crippen LogP contribution in [0.2, 0.25) is 0 Å². The molecule has 4 N–H and O–H groups in total. The number of nitrogens with zero attached hydrogens (tertiary/aromatic N) is 3. The first-order chi connectivity index (χ1) is 13.5. The van der Waals surface area contributed by atoms with Gasteiger partial charge in [0.2, 0.25) is 11.8 Å². The molecule has 8 heteroatoms. The van der Waals surface area contributed by atoms with E-state index in [1.807, 2.05) is 18.2 Å². The van der Waals surface area contributed by atoms with Crippen molar-refractivity contribution < 1.29 is 4.74 Å². The van der Waals surface area contributed by atoms with E-state index in [0.29, 0.717) is 11.7 Å². The monoisotopic (exact) mass is 413 g/mol. The predicted octanol–water partition coefficient (Wildman–Crippen LogP) is 4.61. The summed E-state index contributed by atoms with van der Waals surface area (Å²) in [4.78, 5) is 15.6. The van der Waals surface area contributed by atoms with Gasteiger partial charge in [0, 0.05) is 16.8 Å². The highest BCUT2D eigenvalue weighted by atomic mass is 32.2. The second-order valence-electron chi connectivity index (χ2n) is 6.39. The molecule has 0 aliphatic carbocycles. The molecule has 0 saturated carbocycles. The van der Waals surface area contributed by atoms with Crippen LogP contribution in [0.15, 0.2) is 57.3 Å². The largest absolute Gasteiger partial charge is 0.480 e. The summed E-state index contributed by atoms with van der Waals surface area (Å²) in [5, 5.41) is 0. The quantitative estimate of drug-likeness (QED) is 0.542. The molecule has 0 spiro atoms. The summed E-state index contributed by atoms with van der Waals surface area (Å²) in [5.41, 5.74) is 13.8. The molecule has 0 bridgehead atoms. The molecule has 2 heterocycles. The number of hydrogen-bond donors (Lipinski definition) is 2. The number of benzene rings is 1. The Morgan fingerprint density at radius 2 is 1.79 bits per heavy atom. The molecule has 0 amide bonds. The van der Waals surface area contributed by atoms with Crippen molar-refractivity contribution in [3.8, 4) is 5.88 Å². The van der Waals surface area contributed by atoms with Gasteiger partial charge in [0.15, 0.2) is 0 Å². The molecule has 146 valence electrons. The zero-order valence-electron chi connectivity index (χ0n) is 16.0. The number of rotatable bonds is 7. The Morgan fingerprint density at radius 3 is 2.43 bits per heavy atom. The number of nitrogens with two attached hydrogens (primary N) is 2. The van der Waals surface area contributed by atoms with E-state index in [-0.39, 0.29) is 11.9 Å². The van der Waals surface area contributed by atoms with Crippen LogP contribution < -0.4 is 16.2 Å². The molecule has 1 aromatic carbocycles. The van der Waals surface area contributed by atoms with Gasteiger partial charge in [-0.1, -0.05) is 55.9 Å². The first-order valence-corrected chi connectivity index (χ1v) is 10.6. The van der Waals surface area contributed by atoms with E-state index in [2.05, 4.69) is 42.0 Å². The molecule has 0 aliphatic rings. The average Bonchev–Trinajstić information content (AvgIpc) is 2.69. The van der Waals surface area contributed by atoms with Gasteiger partial charge in [-0.25, -0.2) is 9.97 Å². The van der Waals surface area contributed by atoms with Crippen molar-refractivity contribution >= 4 is 35.3 Å². The number of nitrogen functional groups attached to an aromatic ring is 2. The van der Waals surface area contributed by atoms with E-state index in [0.717, 1.165) is 26.1 Å². The van der Waals surface area contributed by atoms with Crippen molar-refractivity contribution in [2.24, 2.45) is 0 Å². The molecule has 0 fully saturated rings. The van der Waals surface area contributed by atoms with E-state index >= 15 is 0 Å². The molecular weight excluding hydrogens is 390 g/mol. The lowest BCUT2D eigenvalue weighted by molar-refractivity contribution is 0.383. The molecule has 6 nitrogen and oxygen atoms in total. The van der Waals surface area contributed by atoms with Crippen LogP contribution >= 0.6 is 23.5 Å². The molecule has 28 heavy (non-hydrogen) atoms. The second kappa shape index (κ2) is 9.16. The second-order valence-corrected chi connectivity index (χ2v) is 8.49. The van der Waals surface area contributed by atoms with Crippen molar-refractivity contribution in [2.75, 3.05) is 18.6 Å². The lowest BCUT2D eigenvalue weighted by Crippen LogP contribution is -2.03. The number of methoxy groups -OCH3 is 1. The van der Waals surface area contributed by atoms with Crippen molar-refractivity contribution in [2.45, 2.75) is 40.2 Å². The van der Waals surface area contributed by atoms with Crippen molar-refractivity contribution in [1.82, 2.24) is 15.0 Å². The number of aromatic nitrogens is 3. The normalized spacial score (nSPS) is 11.0. The number of thioether (sulfide) groups is 1. The Kier molecular flexibility index (Phi) is 6.64. The topological polar surface area (TPSA) is 99.9 Å². The number of anilines is 2. The Morgan fingerprint density at radius 1 is 1.04 bits per heavy atom. The summed E-state index contributed by atoms with van der Waals surface area (Å²) in [6.45, 7) is 4.21. The van der Waals surface area contributed by atoms with E-state index in [4.69, 9.17) is 21.2 Å². The molecule has 0 aliphatic heterocycles. The standard InChI is InChI=1S/C20H23N5OS2/c1-12(2)17-14(28-16-10-23-20(22)25-18(16)21)9-15(19(24-17)26-3)27-11-13-7-5-4-6-8-13/h4-10,12H,11H2,1-3H3,(H4,21,22,23,25). The van der Waals surface area contributed by atoms with Gasteiger partial charge in [0.05, 0.1) is 22.6 Å². The maximum Gasteiger partial charge on any atom is 0.227 e. The number of ether oxygens (including phenoxy) is 1. The van der Waals surface area contributed by atoms with E-state index in [1.165, 1.54) is 17.3 Å². The summed E-state index contributed by atoms with van der Waals surface area (Å²) in [6, 6.07) is 12.4. The SMILES string of the molecule is COc1nc(C(C)C)c(Sc2cnc(N)nc2N)cc1SCc1ccccc1. The summed E-state index contributed by atoms with van der Waals surface area (Å²) in [7, 11) is 1.65. The van der Waals surface area contributed by atoms with Crippen molar-refractivity contribution in [3.05, 3.63) is 53.9 Å². The van der Waals surface area contributed by atoms with Gasteiger partial charge >= 0.3 is 0 Å². The van der Waals surface area contributed by atoms with Crippen LogP contribution in [-0.4, -0.2) is 22.1 Å². The predicted molar refractivity (Wildman–Crippen MR) is 116 cm³/mol. The molecule has 0 saturated heterocycles. The van der Waals surface area contributed by atoms with Crippen LogP contribution in [0.25, 0.3) is 0 Å². The van der Waals surface area contributed by atoms with E-state index < -0.39 is 0 Å². The van der Waals surface area contributed by atoms with Crippen molar-refractivity contribution in [3.63, 3.8) is 0 Å². The lowest BCUT2D eigenvalue weighted by Gasteiger charge is -2.16. The Hall–Kier alpha value is -2.45. The fourth-order valence-electron chi connectivity index (χ4n) is 2.55. The van der Waals surface area contributed by atoms with Gasteiger partial charge < -0.3 is 16.2 Å². The Bertz CT molecular complexity index is 951. The third-order valence-corrected chi connectivity index (χ3v) is 6.11. The molecule has 3 aromatic rings. The summed E-state index contributed by atoms with van der Waals surface area (Å²) in [6.07, 6.45) is 1.65. The fourth-order valence-corrected chi connectivity index (χ4v) is 4.65. The Balaban J connectivity index is 1.94. The third kappa shape index (κ3) is 4.88. The lowest BCUT2D eigenvalue weighted by atomic mass is 10.1. The molecular formula is C20H23N5OS2. The first kappa shape index (κ1) is 20.3.